The highest BCUT2D eigenvalue weighted by atomic mass is 32.2. The van der Waals surface area contributed by atoms with E-state index in [4.69, 9.17) is 4.74 Å². The number of nitrogens with zero attached hydrogens (tertiary/aromatic N) is 4. The minimum absolute atomic E-state index is 0.0342. The van der Waals surface area contributed by atoms with Crippen LogP contribution >= 0.6 is 0 Å². The Morgan fingerprint density at radius 2 is 1.69 bits per heavy atom. The first-order valence-electron chi connectivity index (χ1n) is 10.9. The summed E-state index contributed by atoms with van der Waals surface area (Å²) in [6, 6.07) is 22.5. The highest BCUT2D eigenvalue weighted by molar-refractivity contribution is 7.92. The summed E-state index contributed by atoms with van der Waals surface area (Å²) in [7, 11) is 0.823. The normalized spacial score (nSPS) is 11.2. The van der Waals surface area contributed by atoms with Crippen LogP contribution in [0.2, 0.25) is 0 Å². The molecule has 0 aliphatic carbocycles. The van der Waals surface area contributed by atoms with Crippen molar-refractivity contribution in [3.63, 3.8) is 0 Å². The molecule has 0 N–H and O–H groups in total. The van der Waals surface area contributed by atoms with Gasteiger partial charge < -0.3 is 9.64 Å². The number of amides is 1. The van der Waals surface area contributed by atoms with E-state index in [9.17, 15) is 13.2 Å². The largest absolute Gasteiger partial charge is 0.497 e. The Labute approximate surface area is 205 Å². The Hall–Kier alpha value is -4.11. The van der Waals surface area contributed by atoms with E-state index in [0.29, 0.717) is 18.0 Å². The summed E-state index contributed by atoms with van der Waals surface area (Å²) < 4.78 is 34.5. The fraction of sp³-hybridized carbons (Fsp3) is 0.154. The van der Waals surface area contributed by atoms with Crippen molar-refractivity contribution in [1.29, 1.82) is 0 Å². The highest BCUT2D eigenvalue weighted by Gasteiger charge is 2.23. The third-order valence-electron chi connectivity index (χ3n) is 5.60. The number of carbonyl (C=O) groups excluding carboxylic acids is 1. The molecule has 4 rings (SSSR count). The molecule has 0 saturated heterocycles. The summed E-state index contributed by atoms with van der Waals surface area (Å²) in [6.45, 7) is 0.328. The number of para-hydroxylation sites is 1. The Balaban J connectivity index is 1.50. The highest BCUT2D eigenvalue weighted by Crippen LogP contribution is 2.25. The van der Waals surface area contributed by atoms with E-state index in [0.717, 1.165) is 11.3 Å². The Kier molecular flexibility index (Phi) is 6.88. The number of ether oxygens (including phenoxy) is 1. The number of hydrogen-bond donors (Lipinski definition) is 0. The van der Waals surface area contributed by atoms with Gasteiger partial charge in [0.15, 0.2) is 0 Å². The van der Waals surface area contributed by atoms with Crippen LogP contribution < -0.4 is 9.04 Å². The minimum Gasteiger partial charge on any atom is -0.497 e. The van der Waals surface area contributed by atoms with Gasteiger partial charge in [0.05, 0.1) is 29.6 Å². The molecule has 0 aliphatic rings. The van der Waals surface area contributed by atoms with E-state index in [1.54, 1.807) is 61.4 Å². The summed E-state index contributed by atoms with van der Waals surface area (Å²) in [4.78, 5) is 14.7. The molecule has 0 atom stereocenters. The second-order valence-corrected chi connectivity index (χ2v) is 9.96. The number of sulfonamides is 1. The molecule has 0 saturated carbocycles. The van der Waals surface area contributed by atoms with Crippen LogP contribution in [-0.2, 0) is 16.6 Å². The standard InChI is InChI=1S/C26H26N4O4S/c1-28(18-20-17-27-30(19-20)23-9-5-4-6-10-23)26(31)21-8-7-11-25(16-21)35(32,33)29(2)22-12-14-24(34-3)15-13-22/h4-17,19H,18H2,1-3H3. The molecule has 0 fully saturated rings. The quantitative estimate of drug-likeness (QED) is 0.373. The van der Waals surface area contributed by atoms with Crippen molar-refractivity contribution in [2.24, 2.45) is 0 Å². The van der Waals surface area contributed by atoms with Gasteiger partial charge in [0.2, 0.25) is 0 Å². The second-order valence-electron chi connectivity index (χ2n) is 7.99. The van der Waals surface area contributed by atoms with Gasteiger partial charge in [0.1, 0.15) is 5.75 Å². The van der Waals surface area contributed by atoms with E-state index in [1.165, 1.54) is 28.4 Å². The fourth-order valence-electron chi connectivity index (χ4n) is 3.61. The van der Waals surface area contributed by atoms with Crippen molar-refractivity contribution in [2.45, 2.75) is 11.4 Å². The van der Waals surface area contributed by atoms with Crippen LogP contribution in [0, 0.1) is 0 Å². The number of methoxy groups -OCH3 is 1. The average Bonchev–Trinajstić information content (AvgIpc) is 3.37. The molecule has 4 aromatic rings. The van der Waals surface area contributed by atoms with Gasteiger partial charge in [-0.05, 0) is 54.6 Å². The van der Waals surface area contributed by atoms with Crippen LogP contribution in [0.15, 0.2) is 96.2 Å². The Morgan fingerprint density at radius 3 is 2.37 bits per heavy atom. The van der Waals surface area contributed by atoms with Crippen molar-refractivity contribution in [3.8, 4) is 11.4 Å². The van der Waals surface area contributed by atoms with Gasteiger partial charge in [-0.1, -0.05) is 24.3 Å². The Morgan fingerprint density at radius 1 is 0.971 bits per heavy atom. The lowest BCUT2D eigenvalue weighted by atomic mass is 10.2. The molecule has 1 aromatic heterocycles. The summed E-state index contributed by atoms with van der Waals surface area (Å²) in [5, 5.41) is 4.36. The minimum atomic E-state index is -3.87. The van der Waals surface area contributed by atoms with Gasteiger partial charge in [-0.25, -0.2) is 13.1 Å². The lowest BCUT2D eigenvalue weighted by Gasteiger charge is -2.21. The molecule has 3 aromatic carbocycles. The second kappa shape index (κ2) is 10.0. The van der Waals surface area contributed by atoms with Crippen LogP contribution in [0.25, 0.3) is 5.69 Å². The van der Waals surface area contributed by atoms with Crippen molar-refractivity contribution in [2.75, 3.05) is 25.5 Å². The third kappa shape index (κ3) is 5.20. The van der Waals surface area contributed by atoms with Crippen molar-refractivity contribution < 1.29 is 17.9 Å². The summed E-state index contributed by atoms with van der Waals surface area (Å²) in [6.07, 6.45) is 3.57. The van der Waals surface area contributed by atoms with Crippen molar-refractivity contribution >= 4 is 21.6 Å². The van der Waals surface area contributed by atoms with E-state index in [-0.39, 0.29) is 16.4 Å². The molecule has 9 heteroatoms. The van der Waals surface area contributed by atoms with Crippen molar-refractivity contribution in [1.82, 2.24) is 14.7 Å². The lowest BCUT2D eigenvalue weighted by Crippen LogP contribution is -2.28. The van der Waals surface area contributed by atoms with E-state index in [1.807, 2.05) is 36.5 Å². The number of anilines is 1. The van der Waals surface area contributed by atoms with E-state index in [2.05, 4.69) is 5.10 Å². The lowest BCUT2D eigenvalue weighted by molar-refractivity contribution is 0.0785. The van der Waals surface area contributed by atoms with Crippen LogP contribution in [0.5, 0.6) is 5.75 Å². The number of hydrogen-bond acceptors (Lipinski definition) is 5. The molecular formula is C26H26N4O4S. The molecule has 0 bridgehead atoms. The Bertz CT molecular complexity index is 1420. The molecule has 0 aliphatic heterocycles. The zero-order valence-electron chi connectivity index (χ0n) is 19.7. The third-order valence-corrected chi connectivity index (χ3v) is 7.38. The molecule has 0 spiro atoms. The summed E-state index contributed by atoms with van der Waals surface area (Å²) in [5.41, 5.74) is 2.54. The molecule has 35 heavy (non-hydrogen) atoms. The van der Waals surface area contributed by atoms with Gasteiger partial charge in [-0.15, -0.1) is 0 Å². The van der Waals surface area contributed by atoms with Gasteiger partial charge in [0, 0.05) is 38.0 Å². The van der Waals surface area contributed by atoms with Gasteiger partial charge >= 0.3 is 0 Å². The maximum absolute atomic E-state index is 13.2. The topological polar surface area (TPSA) is 84.7 Å². The van der Waals surface area contributed by atoms with Gasteiger partial charge in [-0.2, -0.15) is 5.10 Å². The molecule has 180 valence electrons. The number of rotatable bonds is 8. The predicted molar refractivity (Wildman–Crippen MR) is 134 cm³/mol. The smallest absolute Gasteiger partial charge is 0.264 e. The molecule has 1 heterocycles. The first-order chi connectivity index (χ1) is 16.8. The van der Waals surface area contributed by atoms with Crippen LogP contribution in [0.3, 0.4) is 0 Å². The van der Waals surface area contributed by atoms with E-state index < -0.39 is 10.0 Å². The van der Waals surface area contributed by atoms with Crippen molar-refractivity contribution in [3.05, 3.63) is 102 Å². The zero-order valence-corrected chi connectivity index (χ0v) is 20.5. The summed E-state index contributed by atoms with van der Waals surface area (Å²) in [5.74, 6) is 0.339. The van der Waals surface area contributed by atoms with Crippen LogP contribution in [0.1, 0.15) is 15.9 Å². The molecule has 8 nitrogen and oxygen atoms in total. The monoisotopic (exact) mass is 490 g/mol. The van der Waals surface area contributed by atoms with Crippen LogP contribution in [-0.4, -0.2) is 50.2 Å². The molecule has 0 radical (unpaired) electrons. The maximum Gasteiger partial charge on any atom is 0.264 e. The summed E-state index contributed by atoms with van der Waals surface area (Å²) >= 11 is 0. The zero-order chi connectivity index (χ0) is 25.0. The number of benzene rings is 3. The van der Waals surface area contributed by atoms with E-state index >= 15 is 0 Å². The molecule has 0 unspecified atom stereocenters. The number of carbonyl (C=O) groups is 1. The van der Waals surface area contributed by atoms with Gasteiger partial charge in [0.25, 0.3) is 15.9 Å². The fourth-order valence-corrected chi connectivity index (χ4v) is 4.85. The SMILES string of the molecule is COc1ccc(N(C)S(=O)(=O)c2cccc(C(=O)N(C)Cc3cnn(-c4ccccc4)c3)c2)cc1. The number of aromatic nitrogens is 2. The molecular weight excluding hydrogens is 464 g/mol. The molecule has 1 amide bonds. The first kappa shape index (κ1) is 24.0. The average molecular weight is 491 g/mol. The maximum atomic E-state index is 13.2. The van der Waals surface area contributed by atoms with Crippen LogP contribution in [0.4, 0.5) is 5.69 Å². The van der Waals surface area contributed by atoms with Gasteiger partial charge in [-0.3, -0.25) is 9.10 Å². The first-order valence-corrected chi connectivity index (χ1v) is 12.3. The predicted octanol–water partition coefficient (Wildman–Crippen LogP) is 3.98.